The predicted octanol–water partition coefficient (Wildman–Crippen LogP) is 2.17. The number of hydrogen-bond acceptors (Lipinski definition) is 4. The van der Waals surface area contributed by atoms with Crippen LogP contribution in [0.2, 0.25) is 0 Å². The second-order valence-corrected chi connectivity index (χ2v) is 5.52. The third-order valence-corrected chi connectivity index (χ3v) is 3.86. The zero-order valence-electron chi connectivity index (χ0n) is 13.5. The van der Waals surface area contributed by atoms with Crippen molar-refractivity contribution in [1.82, 2.24) is 0 Å². The number of nitrogens with one attached hydrogen (secondary N) is 1. The van der Waals surface area contributed by atoms with E-state index in [0.717, 1.165) is 12.8 Å². The lowest BCUT2D eigenvalue weighted by molar-refractivity contribution is -0.120. The molecular formula is C16H24ClN3O3. The summed E-state index contributed by atoms with van der Waals surface area (Å²) in [4.78, 5) is 25.8. The van der Waals surface area contributed by atoms with Crippen molar-refractivity contribution < 1.29 is 14.3 Å². The summed E-state index contributed by atoms with van der Waals surface area (Å²) in [5, 5.41) is 2.83. The number of carbonyl (C=O) groups is 2. The number of rotatable bonds is 5. The number of nitrogens with zero attached hydrogens (tertiary/aromatic N) is 1. The fourth-order valence-corrected chi connectivity index (χ4v) is 2.41. The number of carbonyl (C=O) groups excluding carboxylic acids is 2. The number of nitrogens with two attached hydrogens (primary N) is 1. The van der Waals surface area contributed by atoms with Crippen LogP contribution >= 0.6 is 12.4 Å². The Morgan fingerprint density at radius 2 is 2.17 bits per heavy atom. The van der Waals surface area contributed by atoms with E-state index < -0.39 is 0 Å². The molecule has 0 saturated carbocycles. The van der Waals surface area contributed by atoms with Gasteiger partial charge in [0.25, 0.3) is 0 Å². The summed E-state index contributed by atoms with van der Waals surface area (Å²) in [7, 11) is 1.57. The molecule has 128 valence electrons. The van der Waals surface area contributed by atoms with Gasteiger partial charge in [0.05, 0.1) is 12.8 Å². The van der Waals surface area contributed by atoms with Gasteiger partial charge in [-0.25, -0.2) is 0 Å². The van der Waals surface area contributed by atoms with Crippen LogP contribution in [0.1, 0.15) is 26.2 Å². The van der Waals surface area contributed by atoms with Crippen molar-refractivity contribution in [3.8, 4) is 5.75 Å². The number of anilines is 2. The molecule has 1 atom stereocenters. The number of piperidine rings is 1. The van der Waals surface area contributed by atoms with Gasteiger partial charge in [0.2, 0.25) is 11.8 Å². The van der Waals surface area contributed by atoms with Crippen LogP contribution in [0.25, 0.3) is 0 Å². The first-order valence-electron chi connectivity index (χ1n) is 7.56. The number of halogens is 1. The highest BCUT2D eigenvalue weighted by molar-refractivity contribution is 5.98. The van der Waals surface area contributed by atoms with E-state index in [-0.39, 0.29) is 30.1 Å². The maximum atomic E-state index is 12.1. The van der Waals surface area contributed by atoms with E-state index in [0.29, 0.717) is 36.6 Å². The first-order valence-corrected chi connectivity index (χ1v) is 7.56. The number of hydrogen-bond donors (Lipinski definition) is 2. The summed E-state index contributed by atoms with van der Waals surface area (Å²) in [6, 6.07) is 5.31. The van der Waals surface area contributed by atoms with Crippen molar-refractivity contribution in [3.63, 3.8) is 0 Å². The van der Waals surface area contributed by atoms with Gasteiger partial charge in [0.1, 0.15) is 5.75 Å². The number of methoxy groups -OCH3 is 1. The van der Waals surface area contributed by atoms with E-state index in [1.165, 1.54) is 0 Å². The van der Waals surface area contributed by atoms with Gasteiger partial charge in [-0.2, -0.15) is 0 Å². The van der Waals surface area contributed by atoms with Crippen LogP contribution in [-0.2, 0) is 9.59 Å². The van der Waals surface area contributed by atoms with Crippen LogP contribution in [0.5, 0.6) is 5.75 Å². The Bertz CT molecular complexity index is 566. The quantitative estimate of drug-likeness (QED) is 0.859. The van der Waals surface area contributed by atoms with Gasteiger partial charge in [-0.1, -0.05) is 6.92 Å². The standard InChI is InChI=1S/C16H23N3O3.ClH/c1-11(10-17)16(21)18-12-6-7-14(22-2)13(9-12)19-8-4-3-5-15(19)20;/h6-7,9,11H,3-5,8,10,17H2,1-2H3,(H,18,21);1H. The van der Waals surface area contributed by atoms with Crippen LogP contribution < -0.4 is 20.7 Å². The third kappa shape index (κ3) is 4.59. The highest BCUT2D eigenvalue weighted by atomic mass is 35.5. The van der Waals surface area contributed by atoms with Gasteiger partial charge in [0.15, 0.2) is 0 Å². The van der Waals surface area contributed by atoms with E-state index in [1.807, 2.05) is 0 Å². The molecule has 1 aromatic rings. The average molecular weight is 342 g/mol. The largest absolute Gasteiger partial charge is 0.495 e. The Balaban J connectivity index is 0.00000264. The van der Waals surface area contributed by atoms with E-state index in [9.17, 15) is 9.59 Å². The molecule has 3 N–H and O–H groups in total. The fraction of sp³-hybridized carbons (Fsp3) is 0.500. The molecular weight excluding hydrogens is 318 g/mol. The van der Waals surface area contributed by atoms with Gasteiger partial charge in [-0.15, -0.1) is 12.4 Å². The van der Waals surface area contributed by atoms with E-state index in [4.69, 9.17) is 10.5 Å². The van der Waals surface area contributed by atoms with Gasteiger partial charge in [0, 0.05) is 31.1 Å². The third-order valence-electron chi connectivity index (χ3n) is 3.86. The predicted molar refractivity (Wildman–Crippen MR) is 93.3 cm³/mol. The maximum Gasteiger partial charge on any atom is 0.228 e. The van der Waals surface area contributed by atoms with E-state index in [2.05, 4.69) is 5.32 Å². The molecule has 1 fully saturated rings. The monoisotopic (exact) mass is 341 g/mol. The van der Waals surface area contributed by atoms with Gasteiger partial charge >= 0.3 is 0 Å². The van der Waals surface area contributed by atoms with E-state index in [1.54, 1.807) is 37.1 Å². The molecule has 2 rings (SSSR count). The van der Waals surface area contributed by atoms with Crippen LogP contribution in [0, 0.1) is 5.92 Å². The highest BCUT2D eigenvalue weighted by Crippen LogP contribution is 2.33. The summed E-state index contributed by atoms with van der Waals surface area (Å²) in [6.07, 6.45) is 2.43. The molecule has 0 aliphatic carbocycles. The molecule has 7 heteroatoms. The fourth-order valence-electron chi connectivity index (χ4n) is 2.41. The topological polar surface area (TPSA) is 84.7 Å². The zero-order chi connectivity index (χ0) is 16.1. The Morgan fingerprint density at radius 1 is 1.43 bits per heavy atom. The molecule has 0 aromatic heterocycles. The second-order valence-electron chi connectivity index (χ2n) is 5.52. The second kappa shape index (κ2) is 8.74. The number of benzene rings is 1. The minimum Gasteiger partial charge on any atom is -0.495 e. The lowest BCUT2D eigenvalue weighted by Crippen LogP contribution is -2.35. The molecule has 1 heterocycles. The maximum absolute atomic E-state index is 12.1. The van der Waals surface area contributed by atoms with Gasteiger partial charge in [-0.3, -0.25) is 9.59 Å². The Kier molecular flexibility index (Phi) is 7.32. The average Bonchev–Trinajstić information content (AvgIpc) is 2.54. The molecule has 6 nitrogen and oxygen atoms in total. The van der Waals surface area contributed by atoms with Crippen LogP contribution in [0.15, 0.2) is 18.2 Å². The smallest absolute Gasteiger partial charge is 0.228 e. The lowest BCUT2D eigenvalue weighted by Gasteiger charge is -2.28. The molecule has 1 aliphatic rings. The molecule has 0 bridgehead atoms. The molecule has 2 amide bonds. The van der Waals surface area contributed by atoms with Gasteiger partial charge < -0.3 is 20.7 Å². The summed E-state index contributed by atoms with van der Waals surface area (Å²) in [5.41, 5.74) is 6.84. The molecule has 0 radical (unpaired) electrons. The summed E-state index contributed by atoms with van der Waals surface area (Å²) >= 11 is 0. The van der Waals surface area contributed by atoms with Crippen molar-refractivity contribution in [2.24, 2.45) is 11.7 Å². The van der Waals surface area contributed by atoms with Gasteiger partial charge in [-0.05, 0) is 31.0 Å². The minimum atomic E-state index is -0.262. The number of amides is 2. The van der Waals surface area contributed by atoms with Crippen molar-refractivity contribution in [2.45, 2.75) is 26.2 Å². The zero-order valence-corrected chi connectivity index (χ0v) is 14.3. The van der Waals surface area contributed by atoms with Crippen molar-refractivity contribution >= 4 is 35.6 Å². The first kappa shape index (κ1) is 19.3. The van der Waals surface area contributed by atoms with Crippen LogP contribution in [-0.4, -0.2) is 32.0 Å². The van der Waals surface area contributed by atoms with Crippen molar-refractivity contribution in [3.05, 3.63) is 18.2 Å². The lowest BCUT2D eigenvalue weighted by atomic mass is 10.1. The Labute approximate surface area is 142 Å². The minimum absolute atomic E-state index is 0. The molecule has 23 heavy (non-hydrogen) atoms. The van der Waals surface area contributed by atoms with Crippen molar-refractivity contribution in [1.29, 1.82) is 0 Å². The highest BCUT2D eigenvalue weighted by Gasteiger charge is 2.23. The van der Waals surface area contributed by atoms with Crippen molar-refractivity contribution in [2.75, 3.05) is 30.4 Å². The molecule has 1 aromatic carbocycles. The molecule has 0 spiro atoms. The summed E-state index contributed by atoms with van der Waals surface area (Å²) in [6.45, 7) is 2.74. The van der Waals surface area contributed by atoms with Crippen LogP contribution in [0.4, 0.5) is 11.4 Å². The van der Waals surface area contributed by atoms with E-state index >= 15 is 0 Å². The molecule has 1 saturated heterocycles. The van der Waals surface area contributed by atoms with Crippen LogP contribution in [0.3, 0.4) is 0 Å². The number of ether oxygens (including phenoxy) is 1. The SMILES string of the molecule is COc1ccc(NC(=O)C(C)CN)cc1N1CCCCC1=O.Cl. The molecule has 1 aliphatic heterocycles. The first-order chi connectivity index (χ1) is 10.6. The summed E-state index contributed by atoms with van der Waals surface area (Å²) < 4.78 is 5.35. The Morgan fingerprint density at radius 3 is 2.78 bits per heavy atom. The normalized spacial score (nSPS) is 15.6. The molecule has 1 unspecified atom stereocenters. The summed E-state index contributed by atoms with van der Waals surface area (Å²) in [5.74, 6) is 0.314. The Hall–Kier alpha value is -1.79.